The normalized spacial score (nSPS) is 22.2. The number of ketones is 1. The van der Waals surface area contributed by atoms with Crippen molar-refractivity contribution in [2.45, 2.75) is 26.3 Å². The van der Waals surface area contributed by atoms with Crippen LogP contribution in [0.2, 0.25) is 0 Å². The number of fused-ring (bicyclic) bond motifs is 1. The zero-order chi connectivity index (χ0) is 26.6. The van der Waals surface area contributed by atoms with Crippen LogP contribution in [0.1, 0.15) is 31.9 Å². The summed E-state index contributed by atoms with van der Waals surface area (Å²) in [6.45, 7) is 7.82. The van der Waals surface area contributed by atoms with Gasteiger partial charge in [0.1, 0.15) is 6.54 Å². The molecule has 3 unspecified atom stereocenters. The second-order valence-corrected chi connectivity index (χ2v) is 10.5. The molecule has 0 bridgehead atoms. The Labute approximate surface area is 223 Å². The summed E-state index contributed by atoms with van der Waals surface area (Å²) in [4.78, 5) is 46.7. The molecule has 8 nitrogen and oxygen atoms in total. The minimum atomic E-state index is -0.220. The highest BCUT2D eigenvalue weighted by Crippen LogP contribution is 2.33. The highest BCUT2D eigenvalue weighted by Gasteiger charge is 2.42. The number of aliphatic imine (C=N–C) groups is 1. The van der Waals surface area contributed by atoms with Crippen LogP contribution in [0, 0.1) is 11.8 Å². The summed E-state index contributed by atoms with van der Waals surface area (Å²) in [6, 6.07) is 19.2. The van der Waals surface area contributed by atoms with E-state index in [0.717, 1.165) is 37.3 Å². The molecule has 3 aliphatic heterocycles. The van der Waals surface area contributed by atoms with Gasteiger partial charge in [-0.05, 0) is 49.8 Å². The van der Waals surface area contributed by atoms with Gasteiger partial charge in [-0.15, -0.1) is 0 Å². The fraction of sp³-hybridized carbons (Fsp3) is 0.400. The smallest absolute Gasteiger partial charge is 0.319 e. The fourth-order valence-corrected chi connectivity index (χ4v) is 5.88. The number of dihydropyridines is 1. The number of carbonyl (C=O) groups is 3. The van der Waals surface area contributed by atoms with Gasteiger partial charge in [0, 0.05) is 49.7 Å². The van der Waals surface area contributed by atoms with Crippen molar-refractivity contribution < 1.29 is 14.4 Å². The zero-order valence-electron chi connectivity index (χ0n) is 22.0. The number of rotatable bonds is 7. The molecule has 3 atom stereocenters. The van der Waals surface area contributed by atoms with E-state index >= 15 is 0 Å². The summed E-state index contributed by atoms with van der Waals surface area (Å²) in [7, 11) is 0. The Balaban J connectivity index is 1.17. The summed E-state index contributed by atoms with van der Waals surface area (Å²) in [6.07, 6.45) is 0.790. The van der Waals surface area contributed by atoms with Crippen LogP contribution in [0.15, 0.2) is 76.8 Å². The molecular formula is C30H35N5O3. The first kappa shape index (κ1) is 25.9. The van der Waals surface area contributed by atoms with E-state index in [1.165, 1.54) is 0 Å². The van der Waals surface area contributed by atoms with E-state index in [0.29, 0.717) is 41.8 Å². The number of hydrogen-bond donors (Lipinski definition) is 2. The summed E-state index contributed by atoms with van der Waals surface area (Å²) in [5, 5.41) is 6.07. The number of nitrogens with one attached hydrogen (secondary N) is 2. The van der Waals surface area contributed by atoms with Crippen molar-refractivity contribution in [1.29, 1.82) is 0 Å². The predicted molar refractivity (Wildman–Crippen MR) is 148 cm³/mol. The minimum absolute atomic E-state index is 0.0597. The Morgan fingerprint density at radius 1 is 0.947 bits per heavy atom. The Hall–Kier alpha value is -3.78. The van der Waals surface area contributed by atoms with Gasteiger partial charge in [-0.2, -0.15) is 0 Å². The average Bonchev–Trinajstić information content (AvgIpc) is 3.49. The third-order valence-corrected chi connectivity index (χ3v) is 7.95. The maximum atomic E-state index is 13.3. The summed E-state index contributed by atoms with van der Waals surface area (Å²) >= 11 is 0. The van der Waals surface area contributed by atoms with Gasteiger partial charge in [0.25, 0.3) is 5.91 Å². The lowest BCUT2D eigenvalue weighted by Gasteiger charge is -2.26. The van der Waals surface area contributed by atoms with Crippen molar-refractivity contribution in [2.24, 2.45) is 16.8 Å². The van der Waals surface area contributed by atoms with E-state index in [9.17, 15) is 14.4 Å². The van der Waals surface area contributed by atoms with E-state index in [1.54, 1.807) is 6.92 Å². The third-order valence-electron chi connectivity index (χ3n) is 7.95. The first-order valence-electron chi connectivity index (χ1n) is 13.3. The molecule has 0 spiro atoms. The van der Waals surface area contributed by atoms with E-state index in [4.69, 9.17) is 0 Å². The molecule has 2 fully saturated rings. The second kappa shape index (κ2) is 11.3. The molecule has 0 aromatic heterocycles. The largest absolute Gasteiger partial charge is 0.338 e. The van der Waals surface area contributed by atoms with Crippen LogP contribution >= 0.6 is 0 Å². The number of carbonyl (C=O) groups excluding carboxylic acids is 3. The number of hydrogen-bond acceptors (Lipinski definition) is 5. The minimum Gasteiger partial charge on any atom is -0.338 e. The Bertz CT molecular complexity index is 1240. The van der Waals surface area contributed by atoms with E-state index in [2.05, 4.69) is 20.5 Å². The van der Waals surface area contributed by atoms with Crippen LogP contribution in [-0.2, 0) is 9.59 Å². The van der Waals surface area contributed by atoms with Crippen molar-refractivity contribution in [3.05, 3.63) is 77.4 Å². The maximum Gasteiger partial charge on any atom is 0.319 e. The molecule has 2 aromatic carbocycles. The first-order chi connectivity index (χ1) is 18.4. The van der Waals surface area contributed by atoms with Crippen LogP contribution in [0.4, 0.5) is 10.5 Å². The quantitative estimate of drug-likeness (QED) is 0.591. The topological polar surface area (TPSA) is 94.1 Å². The van der Waals surface area contributed by atoms with Gasteiger partial charge >= 0.3 is 6.03 Å². The number of amides is 3. The van der Waals surface area contributed by atoms with Gasteiger partial charge in [0.05, 0.1) is 11.6 Å². The van der Waals surface area contributed by atoms with Crippen molar-refractivity contribution >= 4 is 29.1 Å². The first-order valence-corrected chi connectivity index (χ1v) is 13.3. The van der Waals surface area contributed by atoms with Crippen LogP contribution in [-0.4, -0.2) is 72.5 Å². The molecule has 2 aromatic rings. The SMILES string of the molecule is CC1=NCC(=O)C(C)=C1C(=O)N1CC2CN(CCC(NC(=O)Nc3ccccc3)c3ccccc3)CC2C1. The van der Waals surface area contributed by atoms with Crippen molar-refractivity contribution in [3.63, 3.8) is 0 Å². The number of nitrogens with zero attached hydrogens (tertiary/aromatic N) is 3. The highest BCUT2D eigenvalue weighted by atomic mass is 16.2. The molecule has 3 heterocycles. The van der Waals surface area contributed by atoms with Crippen LogP contribution in [0.5, 0.6) is 0 Å². The standard InChI is InChI=1S/C30H35N5O3/c1-20-27(36)15-31-21(2)28(20)29(37)35-18-23-16-34(17-24(23)19-35)14-13-26(22-9-5-3-6-10-22)33-30(38)32-25-11-7-4-8-12-25/h3-12,23-24,26H,13-19H2,1-2H3,(H2,32,33,38). The Morgan fingerprint density at radius 3 is 2.24 bits per heavy atom. The Kier molecular flexibility index (Phi) is 7.69. The molecule has 5 rings (SSSR count). The number of Topliss-reactive ketones (excluding diaryl/α,β-unsaturated/α-hetero) is 1. The Morgan fingerprint density at radius 2 is 1.58 bits per heavy atom. The van der Waals surface area contributed by atoms with Crippen LogP contribution < -0.4 is 10.6 Å². The number of anilines is 1. The fourth-order valence-electron chi connectivity index (χ4n) is 5.88. The van der Waals surface area contributed by atoms with Crippen LogP contribution in [0.3, 0.4) is 0 Å². The molecule has 3 aliphatic rings. The average molecular weight is 514 g/mol. The highest BCUT2D eigenvalue weighted by molar-refractivity contribution is 6.27. The van der Waals surface area contributed by atoms with Gasteiger partial charge in [0.15, 0.2) is 5.78 Å². The van der Waals surface area contributed by atoms with Gasteiger partial charge < -0.3 is 20.4 Å². The molecule has 0 aliphatic carbocycles. The molecule has 2 saturated heterocycles. The lowest BCUT2D eigenvalue weighted by molar-refractivity contribution is -0.126. The van der Waals surface area contributed by atoms with Crippen LogP contribution in [0.25, 0.3) is 0 Å². The number of benzene rings is 2. The van der Waals surface area contributed by atoms with Crippen molar-refractivity contribution in [1.82, 2.24) is 15.1 Å². The van der Waals surface area contributed by atoms with E-state index in [-0.39, 0.29) is 30.3 Å². The molecule has 198 valence electrons. The summed E-state index contributed by atoms with van der Waals surface area (Å²) in [5.74, 6) is 0.709. The molecule has 8 heteroatoms. The lowest BCUT2D eigenvalue weighted by Crippen LogP contribution is -2.38. The van der Waals surface area contributed by atoms with Gasteiger partial charge in [-0.3, -0.25) is 14.6 Å². The number of likely N-dealkylation sites (tertiary alicyclic amines) is 2. The molecule has 3 amide bonds. The maximum absolute atomic E-state index is 13.3. The number of para-hydroxylation sites is 1. The lowest BCUT2D eigenvalue weighted by atomic mass is 9.98. The zero-order valence-corrected chi connectivity index (χ0v) is 22.0. The molecule has 0 saturated carbocycles. The van der Waals surface area contributed by atoms with Crippen molar-refractivity contribution in [3.8, 4) is 0 Å². The molecule has 2 N–H and O–H groups in total. The van der Waals surface area contributed by atoms with Gasteiger partial charge in [-0.25, -0.2) is 4.79 Å². The van der Waals surface area contributed by atoms with Gasteiger partial charge in [0.2, 0.25) is 0 Å². The number of urea groups is 1. The molecule has 38 heavy (non-hydrogen) atoms. The predicted octanol–water partition coefficient (Wildman–Crippen LogP) is 3.69. The van der Waals surface area contributed by atoms with E-state index < -0.39 is 0 Å². The summed E-state index contributed by atoms with van der Waals surface area (Å²) < 4.78 is 0. The van der Waals surface area contributed by atoms with Crippen molar-refractivity contribution in [2.75, 3.05) is 44.6 Å². The molecular weight excluding hydrogens is 478 g/mol. The van der Waals surface area contributed by atoms with Gasteiger partial charge in [-0.1, -0.05) is 48.5 Å². The third kappa shape index (κ3) is 5.70. The van der Waals surface area contributed by atoms with E-state index in [1.807, 2.05) is 72.5 Å². The monoisotopic (exact) mass is 513 g/mol. The molecule has 0 radical (unpaired) electrons. The second-order valence-electron chi connectivity index (χ2n) is 10.5. The summed E-state index contributed by atoms with van der Waals surface area (Å²) in [5.41, 5.74) is 3.53.